The first-order valence-electron chi connectivity index (χ1n) is 16.6. The Morgan fingerprint density at radius 3 is 2.43 bits per heavy atom. The van der Waals surface area contributed by atoms with E-state index < -0.39 is 10.0 Å². The van der Waals surface area contributed by atoms with Crippen LogP contribution in [0.25, 0.3) is 11.3 Å². The number of nitrogens with zero attached hydrogens (tertiary/aromatic N) is 3. The number of rotatable bonds is 5. The van der Waals surface area contributed by atoms with E-state index in [2.05, 4.69) is 34.6 Å². The molecular weight excluding hydrogens is 600 g/mol. The van der Waals surface area contributed by atoms with Crippen molar-refractivity contribution in [3.05, 3.63) is 65.2 Å². The van der Waals surface area contributed by atoms with Gasteiger partial charge in [-0.05, 0) is 105 Å². The van der Waals surface area contributed by atoms with Crippen molar-refractivity contribution in [3.8, 4) is 17.1 Å². The number of nitrogens with one attached hydrogen (secondary N) is 1. The maximum absolute atomic E-state index is 13.8. The lowest BCUT2D eigenvalue weighted by molar-refractivity contribution is -0.0349. The Kier molecular flexibility index (Phi) is 9.02. The van der Waals surface area contributed by atoms with E-state index in [0.717, 1.165) is 54.4 Å². The summed E-state index contributed by atoms with van der Waals surface area (Å²) in [6.07, 6.45) is 4.73. The van der Waals surface area contributed by atoms with Gasteiger partial charge in [0.05, 0.1) is 23.8 Å². The molecule has 1 aromatic heterocycles. The summed E-state index contributed by atoms with van der Waals surface area (Å²) in [5, 5.41) is 0. The lowest BCUT2D eigenvalue weighted by Crippen LogP contribution is -2.50. The van der Waals surface area contributed by atoms with Gasteiger partial charge in [0, 0.05) is 30.6 Å². The molecule has 46 heavy (non-hydrogen) atoms. The maximum atomic E-state index is 13.8. The Labute approximate surface area is 273 Å². The normalized spacial score (nSPS) is 22.2. The molecule has 4 bridgehead atoms. The second-order valence-corrected chi connectivity index (χ2v) is 15.6. The van der Waals surface area contributed by atoms with Gasteiger partial charge in [0.25, 0.3) is 10.0 Å². The zero-order chi connectivity index (χ0) is 32.6. The molecule has 2 aromatic carbocycles. The van der Waals surface area contributed by atoms with Gasteiger partial charge in [-0.2, -0.15) is 4.98 Å². The summed E-state index contributed by atoms with van der Waals surface area (Å²) in [5.41, 5.74) is 4.87. The predicted octanol–water partition coefficient (Wildman–Crippen LogP) is 7.35. The van der Waals surface area contributed by atoms with Gasteiger partial charge >= 0.3 is 6.09 Å². The van der Waals surface area contributed by atoms with Crippen molar-refractivity contribution in [2.24, 2.45) is 23.2 Å². The van der Waals surface area contributed by atoms with E-state index in [9.17, 15) is 13.2 Å². The monoisotopic (exact) mass is 646 g/mol. The molecule has 0 radical (unpaired) electrons. The van der Waals surface area contributed by atoms with E-state index in [1.807, 2.05) is 62.1 Å². The van der Waals surface area contributed by atoms with E-state index >= 15 is 0 Å². The largest absolute Gasteiger partial charge is 0.477 e. The van der Waals surface area contributed by atoms with Gasteiger partial charge in [-0.25, -0.2) is 22.9 Å². The molecule has 1 spiro atoms. The van der Waals surface area contributed by atoms with Gasteiger partial charge in [0.1, 0.15) is 0 Å². The quantitative estimate of drug-likeness (QED) is 0.309. The van der Waals surface area contributed by atoms with E-state index in [1.54, 1.807) is 6.07 Å². The predicted molar refractivity (Wildman–Crippen MR) is 178 cm³/mol. The van der Waals surface area contributed by atoms with Crippen molar-refractivity contribution in [1.82, 2.24) is 14.9 Å². The molecule has 1 saturated carbocycles. The van der Waals surface area contributed by atoms with Crippen LogP contribution in [0.2, 0.25) is 0 Å². The fraction of sp³-hybridized carbons (Fsp3) is 0.528. The number of aromatic nitrogens is 2. The number of hydrogen-bond acceptors (Lipinski definition) is 7. The second kappa shape index (κ2) is 12.9. The lowest BCUT2D eigenvalue weighted by atomic mass is 9.52. The summed E-state index contributed by atoms with van der Waals surface area (Å²) in [5.74, 6) is 1.42. The Morgan fingerprint density at radius 1 is 1.07 bits per heavy atom. The second-order valence-electron chi connectivity index (χ2n) is 13.9. The molecule has 246 valence electrons. The minimum absolute atomic E-state index is 0.00631. The van der Waals surface area contributed by atoms with Crippen LogP contribution in [-0.2, 0) is 14.8 Å². The highest BCUT2D eigenvalue weighted by atomic mass is 32.2. The van der Waals surface area contributed by atoms with E-state index in [0.29, 0.717) is 49.7 Å². The molecule has 2 atom stereocenters. The first kappa shape index (κ1) is 32.3. The lowest BCUT2D eigenvalue weighted by Gasteiger charge is -2.55. The number of benzene rings is 2. The Balaban J connectivity index is 1.35. The number of carbonyl (C=O) groups excluding carboxylic acids is 1. The zero-order valence-corrected chi connectivity index (χ0v) is 28.4. The third-order valence-corrected chi connectivity index (χ3v) is 11.5. The van der Waals surface area contributed by atoms with Gasteiger partial charge in [0.15, 0.2) is 0 Å². The van der Waals surface area contributed by atoms with Crippen LogP contribution in [-0.4, -0.2) is 55.7 Å². The number of piperidine rings is 1. The number of ether oxygens (including phenoxy) is 2. The van der Waals surface area contributed by atoms with Crippen LogP contribution in [0.3, 0.4) is 0 Å². The standard InChI is InChI=1S/C36H46N4O5S/c1-6-44-35(41)40-15-13-36(14-16-40)20-28(21-36)33-26-11-8-12-29(18-26)46(42,43)39-34-37-30(32-24(4)9-7-10-25(32)5)19-31(38-34)45-22-27(33)17-23(2)3/h7-12,18-19,23,27-28,33H,6,13-17,20-22H2,1-5H3,(H,37,38,39)/t27-,33?/m1/s1. The van der Waals surface area contributed by atoms with Crippen LogP contribution >= 0.6 is 0 Å². The maximum Gasteiger partial charge on any atom is 0.409 e. The first-order valence-corrected chi connectivity index (χ1v) is 18.1. The molecule has 1 N–H and O–H groups in total. The smallest absolute Gasteiger partial charge is 0.409 e. The summed E-state index contributed by atoms with van der Waals surface area (Å²) in [7, 11) is -3.97. The van der Waals surface area contributed by atoms with Crippen LogP contribution < -0.4 is 9.46 Å². The van der Waals surface area contributed by atoms with Gasteiger partial charge in [-0.1, -0.05) is 44.2 Å². The third kappa shape index (κ3) is 6.59. The SMILES string of the molecule is CCOC(=O)N1CCC2(CC1)CC(C1c3cccc(c3)S(=O)(=O)Nc3nc(cc(-c4c(C)cccc4C)n3)OC[C@H]1CC(C)C)C2. The van der Waals surface area contributed by atoms with Crippen molar-refractivity contribution < 1.29 is 22.7 Å². The molecule has 3 heterocycles. The number of likely N-dealkylation sites (tertiary alicyclic amines) is 1. The fourth-order valence-corrected chi connectivity index (χ4v) is 9.10. The van der Waals surface area contributed by atoms with Gasteiger partial charge in [-0.15, -0.1) is 0 Å². The molecule has 10 heteroatoms. The van der Waals surface area contributed by atoms with E-state index in [-0.39, 0.29) is 34.2 Å². The summed E-state index contributed by atoms with van der Waals surface area (Å²) in [6, 6.07) is 15.3. The van der Waals surface area contributed by atoms with Crippen LogP contribution in [0.4, 0.5) is 10.7 Å². The molecule has 3 aliphatic rings. The average Bonchev–Trinajstić information content (AvgIpc) is 2.99. The Hall–Kier alpha value is -3.66. The topological polar surface area (TPSA) is 111 Å². The molecule has 1 amide bonds. The third-order valence-electron chi connectivity index (χ3n) is 10.2. The van der Waals surface area contributed by atoms with Crippen LogP contribution in [0.1, 0.15) is 75.5 Å². The number of anilines is 1. The first-order chi connectivity index (χ1) is 22.0. The van der Waals surface area contributed by atoms with Crippen LogP contribution in [0, 0.1) is 37.0 Å². The number of hydrogen-bond donors (Lipinski definition) is 1. The van der Waals surface area contributed by atoms with Gasteiger partial charge in [-0.3, -0.25) is 0 Å². The number of aryl methyl sites for hydroxylation is 2. The van der Waals surface area contributed by atoms with E-state index in [1.165, 1.54) is 0 Å². The molecule has 6 rings (SSSR count). The summed E-state index contributed by atoms with van der Waals surface area (Å²) in [6.45, 7) is 12.6. The molecule has 1 saturated heterocycles. The minimum Gasteiger partial charge on any atom is -0.477 e. The number of amides is 1. The number of carbonyl (C=O) groups is 1. The average molecular weight is 647 g/mol. The van der Waals surface area contributed by atoms with Crippen molar-refractivity contribution in [2.45, 2.75) is 77.5 Å². The van der Waals surface area contributed by atoms with Crippen molar-refractivity contribution in [3.63, 3.8) is 0 Å². The van der Waals surface area contributed by atoms with Crippen LogP contribution in [0.5, 0.6) is 5.88 Å². The number of sulfonamides is 1. The summed E-state index contributed by atoms with van der Waals surface area (Å²) >= 11 is 0. The zero-order valence-electron chi connectivity index (χ0n) is 27.6. The number of fused-ring (bicyclic) bond motifs is 4. The summed E-state index contributed by atoms with van der Waals surface area (Å²) in [4.78, 5) is 23.6. The highest BCUT2D eigenvalue weighted by Crippen LogP contribution is 2.59. The molecule has 9 nitrogen and oxygen atoms in total. The highest BCUT2D eigenvalue weighted by molar-refractivity contribution is 7.92. The fourth-order valence-electron chi connectivity index (χ4n) is 8.10. The van der Waals surface area contributed by atoms with Crippen molar-refractivity contribution in [2.75, 3.05) is 31.0 Å². The Morgan fingerprint density at radius 2 is 1.76 bits per heavy atom. The van der Waals surface area contributed by atoms with Gasteiger partial charge in [0.2, 0.25) is 11.8 Å². The van der Waals surface area contributed by atoms with Crippen molar-refractivity contribution >= 4 is 22.1 Å². The summed E-state index contributed by atoms with van der Waals surface area (Å²) < 4.78 is 42.0. The van der Waals surface area contributed by atoms with E-state index in [4.69, 9.17) is 9.47 Å². The van der Waals surface area contributed by atoms with Crippen molar-refractivity contribution in [1.29, 1.82) is 0 Å². The Bertz CT molecular complexity index is 1670. The molecule has 2 fully saturated rings. The molecular formula is C36H46N4O5S. The van der Waals surface area contributed by atoms with Gasteiger partial charge < -0.3 is 14.4 Å². The van der Waals surface area contributed by atoms with Crippen LogP contribution in [0.15, 0.2) is 53.4 Å². The molecule has 2 aliphatic heterocycles. The highest BCUT2D eigenvalue weighted by Gasteiger charge is 2.50. The molecule has 1 unspecified atom stereocenters. The molecule has 1 aliphatic carbocycles. The molecule has 3 aromatic rings. The minimum atomic E-state index is -3.97.